The number of carbonyl (C=O) groups is 2. The van der Waals surface area contributed by atoms with Gasteiger partial charge in [-0.3, -0.25) is 4.90 Å². The van der Waals surface area contributed by atoms with Crippen molar-refractivity contribution in [3.8, 4) is 0 Å². The molecule has 2 aromatic carbocycles. The Morgan fingerprint density at radius 3 is 2.14 bits per heavy atom. The number of benzene rings is 2. The van der Waals surface area contributed by atoms with E-state index in [1.54, 1.807) is 0 Å². The Morgan fingerprint density at radius 1 is 1.00 bits per heavy atom. The number of esters is 1. The Labute approximate surface area is 162 Å². The van der Waals surface area contributed by atoms with Crippen LogP contribution in [-0.2, 0) is 27.5 Å². The number of hydrogen-bond acceptors (Lipinski definition) is 5. The normalized spacial score (nSPS) is 18.2. The third-order valence-electron chi connectivity index (χ3n) is 4.43. The zero-order valence-electron chi connectivity index (χ0n) is 15.2. The molecule has 3 rings (SSSR count). The Morgan fingerprint density at radius 2 is 1.57 bits per heavy atom. The van der Waals surface area contributed by atoms with Crippen LogP contribution in [0, 0.1) is 0 Å². The average molecular weight is 380 g/mol. The van der Waals surface area contributed by atoms with Gasteiger partial charge in [-0.15, -0.1) is 0 Å². The fourth-order valence-electron chi connectivity index (χ4n) is 3.02. The summed E-state index contributed by atoms with van der Waals surface area (Å²) in [5.41, 5.74) is 10.4. The Kier molecular flexibility index (Phi) is 6.49. The summed E-state index contributed by atoms with van der Waals surface area (Å²) in [5.74, 6) is -0.545. The van der Waals surface area contributed by atoms with Crippen molar-refractivity contribution in [2.75, 3.05) is 6.54 Å². The maximum absolute atomic E-state index is 12.6. The van der Waals surface area contributed by atoms with Crippen LogP contribution in [0.4, 0.5) is 4.79 Å². The average Bonchev–Trinajstić information content (AvgIpc) is 3.16. The van der Waals surface area contributed by atoms with Gasteiger partial charge in [0.05, 0.1) is 6.04 Å². The molecule has 0 spiro atoms. The number of likely N-dealkylation sites (tertiary alicyclic amines) is 1. The number of nitrogens with zero attached hydrogens (tertiary/aromatic N) is 4. The lowest BCUT2D eigenvalue weighted by molar-refractivity contribution is -0.149. The predicted octanol–water partition coefficient (Wildman–Crippen LogP) is 3.82. The maximum atomic E-state index is 12.6. The van der Waals surface area contributed by atoms with Crippen molar-refractivity contribution >= 4 is 12.1 Å². The monoisotopic (exact) mass is 380 g/mol. The van der Waals surface area contributed by atoms with Crippen LogP contribution in [-0.4, -0.2) is 35.6 Å². The van der Waals surface area contributed by atoms with Crippen molar-refractivity contribution in [3.63, 3.8) is 0 Å². The summed E-state index contributed by atoms with van der Waals surface area (Å²) in [6, 6.07) is 17.2. The van der Waals surface area contributed by atoms with Crippen molar-refractivity contribution in [2.45, 2.75) is 31.7 Å². The minimum Gasteiger partial charge on any atom is -0.459 e. The molecule has 2 aromatic rings. The third kappa shape index (κ3) is 5.02. The van der Waals surface area contributed by atoms with Gasteiger partial charge in [0.1, 0.15) is 19.3 Å². The molecule has 2 atom stereocenters. The SMILES string of the molecule is [N-]=[N+]=N[C@@H]1C[C@@H](C(=O)OCc2ccccc2)N(C(=O)OCc2ccccc2)C1. The molecule has 1 amide bonds. The molecule has 144 valence electrons. The smallest absolute Gasteiger partial charge is 0.410 e. The quantitative estimate of drug-likeness (QED) is 0.329. The van der Waals surface area contributed by atoms with E-state index in [0.29, 0.717) is 0 Å². The van der Waals surface area contributed by atoms with Gasteiger partial charge in [0.2, 0.25) is 0 Å². The molecule has 0 saturated carbocycles. The highest BCUT2D eigenvalue weighted by Crippen LogP contribution is 2.23. The van der Waals surface area contributed by atoms with E-state index in [1.165, 1.54) is 4.90 Å². The van der Waals surface area contributed by atoms with Crippen LogP contribution in [0.15, 0.2) is 65.8 Å². The van der Waals surface area contributed by atoms with Gasteiger partial charge in [-0.05, 0) is 23.1 Å². The second-order valence-electron chi connectivity index (χ2n) is 6.40. The topological polar surface area (TPSA) is 105 Å². The van der Waals surface area contributed by atoms with Gasteiger partial charge in [0.15, 0.2) is 0 Å². The number of amides is 1. The minimum atomic E-state index is -0.845. The molecule has 1 aliphatic rings. The third-order valence-corrected chi connectivity index (χ3v) is 4.43. The van der Waals surface area contributed by atoms with E-state index >= 15 is 0 Å². The van der Waals surface area contributed by atoms with E-state index in [-0.39, 0.29) is 26.2 Å². The number of azide groups is 1. The molecule has 1 aliphatic heterocycles. The van der Waals surface area contributed by atoms with Crippen molar-refractivity contribution in [1.82, 2.24) is 4.90 Å². The van der Waals surface area contributed by atoms with Gasteiger partial charge >= 0.3 is 12.1 Å². The molecule has 1 fully saturated rings. The van der Waals surface area contributed by atoms with E-state index in [4.69, 9.17) is 15.0 Å². The lowest BCUT2D eigenvalue weighted by Crippen LogP contribution is -2.41. The van der Waals surface area contributed by atoms with Crippen molar-refractivity contribution < 1.29 is 19.1 Å². The first-order valence-electron chi connectivity index (χ1n) is 8.89. The summed E-state index contributed by atoms with van der Waals surface area (Å²) in [6.45, 7) is 0.312. The summed E-state index contributed by atoms with van der Waals surface area (Å²) >= 11 is 0. The summed E-state index contributed by atoms with van der Waals surface area (Å²) in [7, 11) is 0. The van der Waals surface area contributed by atoms with Crippen molar-refractivity contribution in [3.05, 3.63) is 82.2 Å². The number of rotatable bonds is 6. The summed E-state index contributed by atoms with van der Waals surface area (Å²) in [6.07, 6.45) is -0.431. The molecule has 0 bridgehead atoms. The molecular weight excluding hydrogens is 360 g/mol. The van der Waals surface area contributed by atoms with Crippen molar-refractivity contribution in [2.24, 2.45) is 5.11 Å². The van der Waals surface area contributed by atoms with Crippen LogP contribution in [0.1, 0.15) is 17.5 Å². The predicted molar refractivity (Wildman–Crippen MR) is 101 cm³/mol. The molecule has 0 radical (unpaired) electrons. The van der Waals surface area contributed by atoms with Crippen LogP contribution in [0.25, 0.3) is 10.4 Å². The van der Waals surface area contributed by atoms with Gasteiger partial charge in [0, 0.05) is 11.5 Å². The summed E-state index contributed by atoms with van der Waals surface area (Å²) < 4.78 is 10.7. The Balaban J connectivity index is 1.63. The second kappa shape index (κ2) is 9.43. The molecule has 0 unspecified atom stereocenters. The van der Waals surface area contributed by atoms with E-state index in [1.807, 2.05) is 60.7 Å². The second-order valence-corrected chi connectivity index (χ2v) is 6.40. The molecule has 1 heterocycles. The van der Waals surface area contributed by atoms with Crippen LogP contribution in [0.5, 0.6) is 0 Å². The first-order valence-corrected chi connectivity index (χ1v) is 8.89. The molecule has 1 saturated heterocycles. The number of carbonyl (C=O) groups excluding carboxylic acids is 2. The number of hydrogen-bond donors (Lipinski definition) is 0. The van der Waals surface area contributed by atoms with Crippen LogP contribution in [0.3, 0.4) is 0 Å². The Bertz CT molecular complexity index is 790. The molecule has 8 nitrogen and oxygen atoms in total. The first kappa shape index (κ1) is 19.3. The summed E-state index contributed by atoms with van der Waals surface area (Å²) in [4.78, 5) is 29.1. The fourth-order valence-corrected chi connectivity index (χ4v) is 3.02. The van der Waals surface area contributed by atoms with Gasteiger partial charge in [0.25, 0.3) is 0 Å². The maximum Gasteiger partial charge on any atom is 0.410 e. The first-order chi connectivity index (χ1) is 13.7. The molecular formula is C20H20N4O4. The van der Waals surface area contributed by atoms with Crippen LogP contribution >= 0.6 is 0 Å². The van der Waals surface area contributed by atoms with E-state index in [0.717, 1.165) is 11.1 Å². The van der Waals surface area contributed by atoms with Gasteiger partial charge in [-0.1, -0.05) is 65.8 Å². The minimum absolute atomic E-state index is 0.0914. The fraction of sp³-hybridized carbons (Fsp3) is 0.300. The highest BCUT2D eigenvalue weighted by Gasteiger charge is 2.41. The standard InChI is InChI=1S/C20H20N4O4/c21-23-22-17-11-18(19(25)27-13-15-7-3-1-4-8-15)24(12-17)20(26)28-14-16-9-5-2-6-10-16/h1-10,17-18H,11-14H2/t17-,18+/m1/s1. The Hall–Kier alpha value is -3.51. The molecule has 28 heavy (non-hydrogen) atoms. The van der Waals surface area contributed by atoms with E-state index in [2.05, 4.69) is 10.0 Å². The zero-order chi connectivity index (χ0) is 19.8. The van der Waals surface area contributed by atoms with Gasteiger partial charge in [-0.25, -0.2) is 9.59 Å². The zero-order valence-corrected chi connectivity index (χ0v) is 15.2. The lowest BCUT2D eigenvalue weighted by Gasteiger charge is -2.22. The van der Waals surface area contributed by atoms with E-state index < -0.39 is 24.1 Å². The largest absolute Gasteiger partial charge is 0.459 e. The molecule has 0 aromatic heterocycles. The van der Waals surface area contributed by atoms with Crippen LogP contribution in [0.2, 0.25) is 0 Å². The van der Waals surface area contributed by atoms with Gasteiger partial charge in [-0.2, -0.15) is 0 Å². The van der Waals surface area contributed by atoms with Gasteiger partial charge < -0.3 is 9.47 Å². The highest BCUT2D eigenvalue weighted by molar-refractivity contribution is 5.82. The molecule has 0 N–H and O–H groups in total. The lowest BCUT2D eigenvalue weighted by atomic mass is 10.2. The summed E-state index contributed by atoms with van der Waals surface area (Å²) in [5, 5.41) is 3.65. The van der Waals surface area contributed by atoms with E-state index in [9.17, 15) is 9.59 Å². The number of ether oxygens (including phenoxy) is 2. The van der Waals surface area contributed by atoms with Crippen LogP contribution < -0.4 is 0 Å². The molecule has 8 heteroatoms. The highest BCUT2D eigenvalue weighted by atomic mass is 16.6. The molecule has 0 aliphatic carbocycles. The van der Waals surface area contributed by atoms with Crippen molar-refractivity contribution in [1.29, 1.82) is 0 Å².